The summed E-state index contributed by atoms with van der Waals surface area (Å²) in [5.74, 6) is 0. The first-order valence-corrected chi connectivity index (χ1v) is 3.92. The molecule has 1 heterocycles. The highest BCUT2D eigenvalue weighted by Gasteiger charge is 2.28. The van der Waals surface area contributed by atoms with Gasteiger partial charge in [-0.1, -0.05) is 0 Å². The van der Waals surface area contributed by atoms with Gasteiger partial charge in [0.25, 0.3) is 0 Å². The highest BCUT2D eigenvalue weighted by atomic mass is 16.6. The minimum atomic E-state index is -0.289. The molecule has 1 saturated heterocycles. The molecule has 1 atom stereocenters. The minimum Gasteiger partial charge on any atom is -0.448 e. The summed E-state index contributed by atoms with van der Waals surface area (Å²) in [5, 5.41) is 0. The summed E-state index contributed by atoms with van der Waals surface area (Å²) in [6, 6.07) is -0.0509. The largest absolute Gasteiger partial charge is 0.448 e. The summed E-state index contributed by atoms with van der Waals surface area (Å²) in [6.07, 6.45) is -0.289. The van der Waals surface area contributed by atoms with E-state index in [1.54, 1.807) is 12.0 Å². The minimum absolute atomic E-state index is 0.0509. The van der Waals surface area contributed by atoms with Gasteiger partial charge >= 0.3 is 6.09 Å². The molecule has 5 heteroatoms. The second-order valence-corrected chi connectivity index (χ2v) is 2.65. The van der Waals surface area contributed by atoms with Crippen molar-refractivity contribution in [1.82, 2.24) is 4.90 Å². The molecule has 0 aromatic carbocycles. The fourth-order valence-corrected chi connectivity index (χ4v) is 1.21. The van der Waals surface area contributed by atoms with Crippen LogP contribution in [0.25, 0.3) is 0 Å². The zero-order valence-electron chi connectivity index (χ0n) is 7.16. The molecule has 0 aromatic heterocycles. The Morgan fingerprint density at radius 1 is 1.83 bits per heavy atom. The molecule has 5 nitrogen and oxygen atoms in total. The maximum absolute atomic E-state index is 11.0. The first-order valence-electron chi connectivity index (χ1n) is 3.92. The molecule has 0 spiro atoms. The van der Waals surface area contributed by atoms with Crippen molar-refractivity contribution in [3.05, 3.63) is 0 Å². The number of carbonyl (C=O) groups excluding carboxylic acids is 1. The highest BCUT2D eigenvalue weighted by molar-refractivity contribution is 5.69. The fraction of sp³-hybridized carbons (Fsp3) is 0.857. The lowest BCUT2D eigenvalue weighted by atomic mass is 10.3. The van der Waals surface area contributed by atoms with Crippen LogP contribution in [0.3, 0.4) is 0 Å². The van der Waals surface area contributed by atoms with Crippen LogP contribution in [-0.4, -0.2) is 50.4 Å². The number of methoxy groups -OCH3 is 1. The highest BCUT2D eigenvalue weighted by Crippen LogP contribution is 2.07. The van der Waals surface area contributed by atoms with Crippen LogP contribution >= 0.6 is 0 Å². The van der Waals surface area contributed by atoms with Gasteiger partial charge in [-0.15, -0.1) is 0 Å². The van der Waals surface area contributed by atoms with E-state index in [2.05, 4.69) is 0 Å². The summed E-state index contributed by atoms with van der Waals surface area (Å²) < 4.78 is 9.70. The molecular formula is C7H14N2O3. The standard InChI is InChI=1S/C7H14N2O3/c1-11-5-6(4-8)9-2-3-12-7(9)10/h6H,2-5,8H2,1H3. The molecule has 1 fully saturated rings. The summed E-state index contributed by atoms with van der Waals surface area (Å²) in [4.78, 5) is 12.6. The number of hydrogen-bond donors (Lipinski definition) is 1. The molecule has 0 aliphatic carbocycles. The maximum Gasteiger partial charge on any atom is 0.410 e. The number of nitrogens with zero attached hydrogens (tertiary/aromatic N) is 1. The molecule has 2 N–H and O–H groups in total. The van der Waals surface area contributed by atoms with E-state index in [1.165, 1.54) is 0 Å². The smallest absolute Gasteiger partial charge is 0.410 e. The van der Waals surface area contributed by atoms with Gasteiger partial charge < -0.3 is 15.2 Å². The van der Waals surface area contributed by atoms with E-state index in [4.69, 9.17) is 15.2 Å². The Hall–Kier alpha value is -0.810. The maximum atomic E-state index is 11.0. The van der Waals surface area contributed by atoms with Crippen molar-refractivity contribution in [2.75, 3.05) is 33.4 Å². The molecule has 70 valence electrons. The molecule has 1 rings (SSSR count). The lowest BCUT2D eigenvalue weighted by Crippen LogP contribution is -2.44. The number of amides is 1. The van der Waals surface area contributed by atoms with E-state index in [1.807, 2.05) is 0 Å². The van der Waals surface area contributed by atoms with Crippen LogP contribution in [0.5, 0.6) is 0 Å². The Morgan fingerprint density at radius 3 is 3.00 bits per heavy atom. The molecule has 1 aliphatic rings. The molecule has 1 amide bonds. The normalized spacial score (nSPS) is 19.5. The van der Waals surface area contributed by atoms with E-state index in [9.17, 15) is 4.79 Å². The number of rotatable bonds is 4. The van der Waals surface area contributed by atoms with Gasteiger partial charge in [-0.05, 0) is 0 Å². The molecule has 1 unspecified atom stereocenters. The van der Waals surface area contributed by atoms with E-state index >= 15 is 0 Å². The van der Waals surface area contributed by atoms with Gasteiger partial charge in [0, 0.05) is 13.7 Å². The lowest BCUT2D eigenvalue weighted by Gasteiger charge is -2.22. The third kappa shape index (κ3) is 1.86. The lowest BCUT2D eigenvalue weighted by molar-refractivity contribution is 0.107. The first kappa shape index (κ1) is 9.28. The van der Waals surface area contributed by atoms with Crippen LogP contribution in [0.15, 0.2) is 0 Å². The molecule has 0 bridgehead atoms. The van der Waals surface area contributed by atoms with Gasteiger partial charge in [-0.2, -0.15) is 0 Å². The topological polar surface area (TPSA) is 64.8 Å². The third-order valence-electron chi connectivity index (χ3n) is 1.86. The van der Waals surface area contributed by atoms with E-state index in [0.29, 0.717) is 26.3 Å². The van der Waals surface area contributed by atoms with Crippen molar-refractivity contribution in [2.24, 2.45) is 5.73 Å². The summed E-state index contributed by atoms with van der Waals surface area (Å²) in [7, 11) is 1.59. The second kappa shape index (κ2) is 4.27. The Labute approximate surface area is 71.4 Å². The van der Waals surface area contributed by atoms with Crippen LogP contribution in [-0.2, 0) is 9.47 Å². The van der Waals surface area contributed by atoms with Crippen molar-refractivity contribution >= 4 is 6.09 Å². The summed E-state index contributed by atoms with van der Waals surface area (Å²) >= 11 is 0. The van der Waals surface area contributed by atoms with E-state index in [-0.39, 0.29) is 12.1 Å². The molecular weight excluding hydrogens is 160 g/mol. The van der Waals surface area contributed by atoms with Crippen molar-refractivity contribution in [1.29, 1.82) is 0 Å². The molecule has 1 aliphatic heterocycles. The van der Waals surface area contributed by atoms with Crippen molar-refractivity contribution < 1.29 is 14.3 Å². The first-order chi connectivity index (χ1) is 5.79. The Bertz CT molecular complexity index is 163. The third-order valence-corrected chi connectivity index (χ3v) is 1.86. The van der Waals surface area contributed by atoms with Crippen molar-refractivity contribution in [2.45, 2.75) is 6.04 Å². The average molecular weight is 174 g/mol. The van der Waals surface area contributed by atoms with Gasteiger partial charge in [0.2, 0.25) is 0 Å². The number of hydrogen-bond acceptors (Lipinski definition) is 4. The van der Waals surface area contributed by atoms with E-state index < -0.39 is 0 Å². The van der Waals surface area contributed by atoms with Crippen LogP contribution in [0.4, 0.5) is 4.79 Å². The quantitative estimate of drug-likeness (QED) is 0.619. The molecule has 0 saturated carbocycles. The van der Waals surface area contributed by atoms with Gasteiger partial charge in [-0.3, -0.25) is 4.90 Å². The zero-order chi connectivity index (χ0) is 8.97. The Balaban J connectivity index is 2.46. The van der Waals surface area contributed by atoms with Crippen LogP contribution in [0.1, 0.15) is 0 Å². The Kier molecular flexibility index (Phi) is 3.31. The number of ether oxygens (including phenoxy) is 2. The van der Waals surface area contributed by atoms with Crippen LogP contribution in [0, 0.1) is 0 Å². The molecule has 12 heavy (non-hydrogen) atoms. The summed E-state index contributed by atoms with van der Waals surface area (Å²) in [5.41, 5.74) is 5.47. The van der Waals surface area contributed by atoms with Crippen molar-refractivity contribution in [3.63, 3.8) is 0 Å². The summed E-state index contributed by atoms with van der Waals surface area (Å²) in [6.45, 7) is 1.94. The fourth-order valence-electron chi connectivity index (χ4n) is 1.21. The van der Waals surface area contributed by atoms with Crippen molar-refractivity contribution in [3.8, 4) is 0 Å². The predicted octanol–water partition coefficient (Wildman–Crippen LogP) is -0.588. The van der Waals surface area contributed by atoms with Gasteiger partial charge in [0.05, 0.1) is 19.2 Å². The van der Waals surface area contributed by atoms with Gasteiger partial charge in [-0.25, -0.2) is 4.79 Å². The van der Waals surface area contributed by atoms with Crippen LogP contribution in [0.2, 0.25) is 0 Å². The number of cyclic esters (lactones) is 1. The SMILES string of the molecule is COCC(CN)N1CCOC1=O. The van der Waals surface area contributed by atoms with Gasteiger partial charge in [0.1, 0.15) is 6.61 Å². The molecule has 0 aromatic rings. The monoisotopic (exact) mass is 174 g/mol. The van der Waals surface area contributed by atoms with Gasteiger partial charge in [0.15, 0.2) is 0 Å². The number of nitrogens with two attached hydrogens (primary N) is 1. The predicted molar refractivity (Wildman–Crippen MR) is 42.8 cm³/mol. The average Bonchev–Trinajstić information content (AvgIpc) is 2.47. The second-order valence-electron chi connectivity index (χ2n) is 2.65. The van der Waals surface area contributed by atoms with E-state index in [0.717, 1.165) is 0 Å². The zero-order valence-corrected chi connectivity index (χ0v) is 7.16. The van der Waals surface area contributed by atoms with Crippen LogP contribution < -0.4 is 5.73 Å². The Morgan fingerprint density at radius 2 is 2.58 bits per heavy atom. The number of carbonyl (C=O) groups is 1. The molecule has 0 radical (unpaired) electrons.